The van der Waals surface area contributed by atoms with Gasteiger partial charge in [0.2, 0.25) is 5.28 Å². The van der Waals surface area contributed by atoms with Crippen LogP contribution in [0.25, 0.3) is 11.2 Å². The van der Waals surface area contributed by atoms with Crippen molar-refractivity contribution in [2.45, 2.75) is 66.3 Å². The molecule has 2 heterocycles. The van der Waals surface area contributed by atoms with Crippen LogP contribution < -0.4 is 5.32 Å². The van der Waals surface area contributed by atoms with Gasteiger partial charge in [-0.05, 0) is 48.6 Å². The molecule has 0 amide bonds. The maximum atomic E-state index is 6.05. The Morgan fingerprint density at radius 3 is 2.29 bits per heavy atom. The Bertz CT molecular complexity index is 666. The van der Waals surface area contributed by atoms with Crippen LogP contribution in [0.4, 0.5) is 5.82 Å². The van der Waals surface area contributed by atoms with Crippen LogP contribution in [0, 0.1) is 11.3 Å². The quantitative estimate of drug-likeness (QED) is 0.743. The largest absolute Gasteiger partial charge is 0.371 e. The third-order valence-corrected chi connectivity index (χ3v) is 5.11. The van der Waals surface area contributed by atoms with Crippen LogP contribution >= 0.6 is 11.6 Å². The van der Waals surface area contributed by atoms with Crippen LogP contribution in [-0.2, 0) is 0 Å². The normalized spacial score (nSPS) is 21.3. The Labute approximate surface area is 150 Å². The van der Waals surface area contributed by atoms with E-state index in [9.17, 15) is 0 Å². The average Bonchev–Trinajstić information content (AvgIpc) is 2.99. The summed E-state index contributed by atoms with van der Waals surface area (Å²) >= 11 is 6.05. The van der Waals surface area contributed by atoms with Crippen LogP contribution in [0.15, 0.2) is 6.33 Å². The molecule has 1 aliphatic rings. The molecular formula is C18H30ClN5. The fraction of sp³-hybridized carbons (Fsp3) is 0.722. The number of anilines is 1. The summed E-state index contributed by atoms with van der Waals surface area (Å²) in [5.41, 5.74) is 2.03. The molecular weight excluding hydrogens is 322 g/mol. The molecule has 0 bridgehead atoms. The minimum absolute atomic E-state index is 0.266. The highest BCUT2D eigenvalue weighted by Gasteiger charge is 2.31. The van der Waals surface area contributed by atoms with E-state index in [2.05, 4.69) is 45.6 Å². The lowest BCUT2D eigenvalue weighted by atomic mass is 9.71. The Balaban J connectivity index is 0.00000100. The molecule has 1 saturated carbocycles. The van der Waals surface area contributed by atoms with Crippen LogP contribution in [0.3, 0.4) is 0 Å². The molecule has 1 fully saturated rings. The van der Waals surface area contributed by atoms with Gasteiger partial charge >= 0.3 is 0 Å². The van der Waals surface area contributed by atoms with Gasteiger partial charge in [0.25, 0.3) is 0 Å². The predicted molar refractivity (Wildman–Crippen MR) is 102 cm³/mol. The summed E-state index contributed by atoms with van der Waals surface area (Å²) in [5, 5.41) is 3.31. The molecule has 0 unspecified atom stereocenters. The Morgan fingerprint density at radius 1 is 1.12 bits per heavy atom. The van der Waals surface area contributed by atoms with Crippen molar-refractivity contribution in [3.05, 3.63) is 11.6 Å². The molecule has 6 heteroatoms. The molecule has 1 N–H and O–H groups in total. The van der Waals surface area contributed by atoms with Crippen molar-refractivity contribution in [2.24, 2.45) is 11.3 Å². The summed E-state index contributed by atoms with van der Waals surface area (Å²) in [5.74, 6) is 1.49. The summed E-state index contributed by atoms with van der Waals surface area (Å²) in [6, 6.07) is 0.458. The van der Waals surface area contributed by atoms with Gasteiger partial charge in [-0.2, -0.15) is 9.97 Å². The number of imidazole rings is 1. The standard InChI is InChI=1S/C16H24ClN5.C2H6/c1-16(2,3)10-5-7-11(8-6-10)22-9-19-12-13(18-4)20-15(17)21-14(12)22;1-2/h9-11H,5-8H2,1-4H3,(H,18,20,21);1-2H3. The molecule has 1 aliphatic carbocycles. The second kappa shape index (κ2) is 7.68. The van der Waals surface area contributed by atoms with E-state index in [0.29, 0.717) is 17.3 Å². The maximum Gasteiger partial charge on any atom is 0.226 e. The number of aromatic nitrogens is 4. The predicted octanol–water partition coefficient (Wildman–Crippen LogP) is 5.33. The summed E-state index contributed by atoms with van der Waals surface area (Å²) in [6.07, 6.45) is 6.74. The van der Waals surface area contributed by atoms with Crippen molar-refractivity contribution in [3.63, 3.8) is 0 Å². The number of hydrogen-bond acceptors (Lipinski definition) is 4. The first-order valence-corrected chi connectivity index (χ1v) is 9.35. The lowest BCUT2D eigenvalue weighted by Gasteiger charge is -2.37. The van der Waals surface area contributed by atoms with Gasteiger partial charge in [-0.15, -0.1) is 0 Å². The van der Waals surface area contributed by atoms with E-state index in [0.717, 1.165) is 17.1 Å². The first-order chi connectivity index (χ1) is 11.4. The van der Waals surface area contributed by atoms with Gasteiger partial charge < -0.3 is 9.88 Å². The molecule has 2 aromatic heterocycles. The number of hydrogen-bond donors (Lipinski definition) is 1. The van der Waals surface area contributed by atoms with Gasteiger partial charge in [0.1, 0.15) is 0 Å². The SMILES string of the molecule is CC.CNc1nc(Cl)nc2c1ncn2C1CCC(C(C)(C)C)CC1. The van der Waals surface area contributed by atoms with Gasteiger partial charge in [0, 0.05) is 13.1 Å². The smallest absolute Gasteiger partial charge is 0.226 e. The van der Waals surface area contributed by atoms with Crippen molar-refractivity contribution in [1.82, 2.24) is 19.5 Å². The first kappa shape index (κ1) is 19.0. The topological polar surface area (TPSA) is 55.6 Å². The molecule has 134 valence electrons. The van der Waals surface area contributed by atoms with Crippen molar-refractivity contribution < 1.29 is 0 Å². The van der Waals surface area contributed by atoms with E-state index >= 15 is 0 Å². The zero-order valence-corrected chi connectivity index (χ0v) is 16.5. The molecule has 0 aromatic carbocycles. The minimum Gasteiger partial charge on any atom is -0.371 e. The lowest BCUT2D eigenvalue weighted by Crippen LogP contribution is -2.27. The van der Waals surface area contributed by atoms with E-state index in [-0.39, 0.29) is 5.28 Å². The number of halogens is 1. The van der Waals surface area contributed by atoms with E-state index in [1.54, 1.807) is 0 Å². The van der Waals surface area contributed by atoms with Gasteiger partial charge in [0.05, 0.1) is 6.33 Å². The van der Waals surface area contributed by atoms with Crippen molar-refractivity contribution in [2.75, 3.05) is 12.4 Å². The third kappa shape index (κ3) is 3.82. The zero-order chi connectivity index (χ0) is 17.9. The number of nitrogens with one attached hydrogen (secondary N) is 1. The monoisotopic (exact) mass is 351 g/mol. The number of nitrogens with zero attached hydrogens (tertiary/aromatic N) is 4. The van der Waals surface area contributed by atoms with E-state index in [4.69, 9.17) is 11.6 Å². The minimum atomic E-state index is 0.266. The van der Waals surface area contributed by atoms with Crippen LogP contribution in [-0.4, -0.2) is 26.6 Å². The highest BCUT2D eigenvalue weighted by Crippen LogP contribution is 2.42. The number of fused-ring (bicyclic) bond motifs is 1. The Morgan fingerprint density at radius 2 is 1.75 bits per heavy atom. The molecule has 3 rings (SSSR count). The fourth-order valence-electron chi connectivity index (χ4n) is 3.55. The third-order valence-electron chi connectivity index (χ3n) is 4.95. The molecule has 0 radical (unpaired) electrons. The summed E-state index contributed by atoms with van der Waals surface area (Å²) < 4.78 is 2.18. The molecule has 0 saturated heterocycles. The van der Waals surface area contributed by atoms with Crippen LogP contribution in [0.5, 0.6) is 0 Å². The lowest BCUT2D eigenvalue weighted by molar-refractivity contribution is 0.153. The molecule has 0 aliphatic heterocycles. The number of rotatable bonds is 2. The van der Waals surface area contributed by atoms with Gasteiger partial charge in [-0.25, -0.2) is 4.98 Å². The molecule has 5 nitrogen and oxygen atoms in total. The first-order valence-electron chi connectivity index (χ1n) is 8.98. The highest BCUT2D eigenvalue weighted by atomic mass is 35.5. The average molecular weight is 352 g/mol. The highest BCUT2D eigenvalue weighted by molar-refractivity contribution is 6.28. The van der Waals surface area contributed by atoms with Crippen molar-refractivity contribution >= 4 is 28.6 Å². The van der Waals surface area contributed by atoms with E-state index in [1.165, 1.54) is 25.7 Å². The van der Waals surface area contributed by atoms with Crippen LogP contribution in [0.1, 0.15) is 66.3 Å². The van der Waals surface area contributed by atoms with E-state index in [1.807, 2.05) is 27.2 Å². The Kier molecular flexibility index (Phi) is 6.07. The maximum absolute atomic E-state index is 6.05. The molecule has 0 spiro atoms. The summed E-state index contributed by atoms with van der Waals surface area (Å²) in [7, 11) is 1.83. The van der Waals surface area contributed by atoms with Gasteiger partial charge in [-0.3, -0.25) is 0 Å². The summed E-state index contributed by atoms with van der Waals surface area (Å²) in [4.78, 5) is 13.1. The second-order valence-corrected chi connectivity index (χ2v) is 7.62. The van der Waals surface area contributed by atoms with Gasteiger partial charge in [0.15, 0.2) is 17.0 Å². The fourth-order valence-corrected chi connectivity index (χ4v) is 3.72. The molecule has 24 heavy (non-hydrogen) atoms. The van der Waals surface area contributed by atoms with Gasteiger partial charge in [-0.1, -0.05) is 34.6 Å². The second-order valence-electron chi connectivity index (χ2n) is 7.29. The summed E-state index contributed by atoms with van der Waals surface area (Å²) in [6.45, 7) is 11.0. The van der Waals surface area contributed by atoms with Crippen molar-refractivity contribution in [1.29, 1.82) is 0 Å². The van der Waals surface area contributed by atoms with E-state index < -0.39 is 0 Å². The zero-order valence-electron chi connectivity index (χ0n) is 15.7. The Hall–Kier alpha value is -1.36. The van der Waals surface area contributed by atoms with Crippen molar-refractivity contribution in [3.8, 4) is 0 Å². The molecule has 0 atom stereocenters. The van der Waals surface area contributed by atoms with Crippen LogP contribution in [0.2, 0.25) is 5.28 Å². The molecule has 2 aromatic rings.